The van der Waals surface area contributed by atoms with Crippen LogP contribution in [0.15, 0.2) is 16.8 Å². The van der Waals surface area contributed by atoms with E-state index in [1.54, 1.807) is 6.21 Å². The minimum atomic E-state index is 0.420. The molecule has 0 atom stereocenters. The van der Waals surface area contributed by atoms with Crippen LogP contribution in [0.4, 0.5) is 0 Å². The van der Waals surface area contributed by atoms with Gasteiger partial charge >= 0.3 is 0 Å². The van der Waals surface area contributed by atoms with Gasteiger partial charge in [0.05, 0.1) is 0 Å². The molecule has 0 unspecified atom stereocenters. The van der Waals surface area contributed by atoms with Gasteiger partial charge in [-0.15, -0.1) is 0 Å². The Labute approximate surface area is 62.8 Å². The molecule has 2 nitrogen and oxygen atoms in total. The van der Waals surface area contributed by atoms with Crippen LogP contribution < -0.4 is 5.73 Å². The number of allylic oxidation sites excluding steroid dienone is 2. The van der Waals surface area contributed by atoms with Crippen LogP contribution in [0.25, 0.3) is 0 Å². The van der Waals surface area contributed by atoms with Gasteiger partial charge in [-0.05, 0) is 18.9 Å². The molecule has 0 saturated carbocycles. The van der Waals surface area contributed by atoms with Crippen molar-refractivity contribution in [2.45, 2.75) is 20.8 Å². The van der Waals surface area contributed by atoms with E-state index in [1.807, 2.05) is 13.0 Å². The van der Waals surface area contributed by atoms with Gasteiger partial charge in [0.2, 0.25) is 0 Å². The van der Waals surface area contributed by atoms with Crippen LogP contribution in [0.3, 0.4) is 0 Å². The summed E-state index contributed by atoms with van der Waals surface area (Å²) in [6.07, 6.45) is 3.61. The van der Waals surface area contributed by atoms with Gasteiger partial charge < -0.3 is 5.73 Å². The SMILES string of the molecule is CCN=CC=C(N)C(C)C. The fraction of sp³-hybridized carbons (Fsp3) is 0.625. The molecule has 58 valence electrons. The first-order valence-corrected chi connectivity index (χ1v) is 3.64. The van der Waals surface area contributed by atoms with Crippen molar-refractivity contribution in [1.29, 1.82) is 0 Å². The van der Waals surface area contributed by atoms with Crippen LogP contribution in [0.1, 0.15) is 20.8 Å². The largest absolute Gasteiger partial charge is 0.402 e. The van der Waals surface area contributed by atoms with E-state index in [4.69, 9.17) is 5.73 Å². The molecule has 0 heterocycles. The van der Waals surface area contributed by atoms with Gasteiger partial charge in [0.1, 0.15) is 0 Å². The second-order valence-corrected chi connectivity index (χ2v) is 2.47. The Kier molecular flexibility index (Phi) is 4.63. The lowest BCUT2D eigenvalue weighted by atomic mass is 10.1. The Morgan fingerprint density at radius 1 is 1.60 bits per heavy atom. The van der Waals surface area contributed by atoms with Crippen LogP contribution >= 0.6 is 0 Å². The summed E-state index contributed by atoms with van der Waals surface area (Å²) >= 11 is 0. The summed E-state index contributed by atoms with van der Waals surface area (Å²) in [6.45, 7) is 6.94. The van der Waals surface area contributed by atoms with Crippen LogP contribution in [0.2, 0.25) is 0 Å². The van der Waals surface area contributed by atoms with E-state index in [9.17, 15) is 0 Å². The average Bonchev–Trinajstić information content (AvgIpc) is 1.88. The van der Waals surface area contributed by atoms with Crippen molar-refractivity contribution in [2.75, 3.05) is 6.54 Å². The topological polar surface area (TPSA) is 38.4 Å². The number of aliphatic imine (C=N–C) groups is 1. The highest BCUT2D eigenvalue weighted by Crippen LogP contribution is 1.99. The zero-order valence-corrected chi connectivity index (χ0v) is 6.96. The number of hydrogen-bond acceptors (Lipinski definition) is 2. The maximum absolute atomic E-state index is 5.63. The maximum Gasteiger partial charge on any atom is 0.0360 e. The zero-order valence-electron chi connectivity index (χ0n) is 6.96. The van der Waals surface area contributed by atoms with Crippen molar-refractivity contribution in [2.24, 2.45) is 16.6 Å². The van der Waals surface area contributed by atoms with Gasteiger partial charge in [-0.3, -0.25) is 4.99 Å². The summed E-state index contributed by atoms with van der Waals surface area (Å²) in [6, 6.07) is 0. The molecule has 0 aromatic carbocycles. The first-order valence-electron chi connectivity index (χ1n) is 3.64. The smallest absolute Gasteiger partial charge is 0.0360 e. The molecule has 0 saturated heterocycles. The summed E-state index contributed by atoms with van der Waals surface area (Å²) in [7, 11) is 0. The number of rotatable bonds is 3. The predicted molar refractivity (Wildman–Crippen MR) is 46.1 cm³/mol. The molecule has 0 rings (SSSR count). The Bertz CT molecular complexity index is 134. The van der Waals surface area contributed by atoms with Gasteiger partial charge in [-0.2, -0.15) is 0 Å². The lowest BCUT2D eigenvalue weighted by molar-refractivity contribution is 0.759. The molecule has 0 aliphatic heterocycles. The summed E-state index contributed by atoms with van der Waals surface area (Å²) in [5.74, 6) is 0.420. The Morgan fingerprint density at radius 3 is 2.60 bits per heavy atom. The molecule has 0 spiro atoms. The second-order valence-electron chi connectivity index (χ2n) is 2.47. The third kappa shape index (κ3) is 4.13. The van der Waals surface area contributed by atoms with E-state index in [2.05, 4.69) is 18.8 Å². The lowest BCUT2D eigenvalue weighted by Crippen LogP contribution is -2.04. The highest BCUT2D eigenvalue weighted by atomic mass is 14.7. The minimum absolute atomic E-state index is 0.420. The highest BCUT2D eigenvalue weighted by molar-refractivity contribution is 5.71. The first kappa shape index (κ1) is 9.21. The van der Waals surface area contributed by atoms with Crippen molar-refractivity contribution in [3.63, 3.8) is 0 Å². The summed E-state index contributed by atoms with van der Waals surface area (Å²) in [5, 5.41) is 0. The van der Waals surface area contributed by atoms with Gasteiger partial charge in [0.15, 0.2) is 0 Å². The molecule has 0 amide bonds. The van der Waals surface area contributed by atoms with E-state index in [0.717, 1.165) is 12.2 Å². The van der Waals surface area contributed by atoms with E-state index in [1.165, 1.54) is 0 Å². The molecule has 2 N–H and O–H groups in total. The zero-order chi connectivity index (χ0) is 7.98. The standard InChI is InChI=1S/C8H16N2/c1-4-10-6-5-8(9)7(2)3/h5-7H,4,9H2,1-3H3. The Hall–Kier alpha value is -0.790. The molecule has 0 bridgehead atoms. The molecule has 0 fully saturated rings. The summed E-state index contributed by atoms with van der Waals surface area (Å²) in [5.41, 5.74) is 6.51. The normalized spacial score (nSPS) is 13.4. The molecule has 2 heteroatoms. The maximum atomic E-state index is 5.63. The first-order chi connectivity index (χ1) is 4.68. The van der Waals surface area contributed by atoms with Crippen molar-refractivity contribution in [1.82, 2.24) is 0 Å². The molecule has 0 aromatic heterocycles. The van der Waals surface area contributed by atoms with Crippen LogP contribution in [-0.2, 0) is 0 Å². The fourth-order valence-electron chi connectivity index (χ4n) is 0.437. The van der Waals surface area contributed by atoms with Crippen LogP contribution in [-0.4, -0.2) is 12.8 Å². The number of nitrogens with two attached hydrogens (primary N) is 1. The highest BCUT2D eigenvalue weighted by Gasteiger charge is 1.92. The molecular formula is C8H16N2. The van der Waals surface area contributed by atoms with E-state index < -0.39 is 0 Å². The summed E-state index contributed by atoms with van der Waals surface area (Å²) < 4.78 is 0. The molecule has 0 radical (unpaired) electrons. The molecule has 0 aliphatic rings. The summed E-state index contributed by atoms with van der Waals surface area (Å²) in [4.78, 5) is 4.01. The molecule has 0 aromatic rings. The van der Waals surface area contributed by atoms with E-state index in [0.29, 0.717) is 5.92 Å². The second kappa shape index (κ2) is 5.03. The number of hydrogen-bond donors (Lipinski definition) is 1. The number of nitrogens with zero attached hydrogens (tertiary/aromatic N) is 1. The Balaban J connectivity index is 3.79. The lowest BCUT2D eigenvalue weighted by Gasteiger charge is -2.01. The molecule has 0 aliphatic carbocycles. The minimum Gasteiger partial charge on any atom is -0.402 e. The van der Waals surface area contributed by atoms with Crippen molar-refractivity contribution < 1.29 is 0 Å². The van der Waals surface area contributed by atoms with Gasteiger partial charge in [-0.25, -0.2) is 0 Å². The van der Waals surface area contributed by atoms with Crippen molar-refractivity contribution in [3.8, 4) is 0 Å². The van der Waals surface area contributed by atoms with Gasteiger partial charge in [0.25, 0.3) is 0 Å². The quantitative estimate of drug-likeness (QED) is 0.594. The third-order valence-corrected chi connectivity index (χ3v) is 1.22. The van der Waals surface area contributed by atoms with Crippen molar-refractivity contribution >= 4 is 6.21 Å². The van der Waals surface area contributed by atoms with E-state index in [-0.39, 0.29) is 0 Å². The van der Waals surface area contributed by atoms with Gasteiger partial charge in [-0.1, -0.05) is 13.8 Å². The predicted octanol–water partition coefficient (Wildman–Crippen LogP) is 1.58. The van der Waals surface area contributed by atoms with Crippen LogP contribution in [0.5, 0.6) is 0 Å². The molecular weight excluding hydrogens is 124 g/mol. The monoisotopic (exact) mass is 140 g/mol. The van der Waals surface area contributed by atoms with Crippen molar-refractivity contribution in [3.05, 3.63) is 11.8 Å². The Morgan fingerprint density at radius 2 is 2.20 bits per heavy atom. The fourth-order valence-corrected chi connectivity index (χ4v) is 0.437. The van der Waals surface area contributed by atoms with Gasteiger partial charge in [0, 0.05) is 18.5 Å². The van der Waals surface area contributed by atoms with E-state index >= 15 is 0 Å². The molecule has 10 heavy (non-hydrogen) atoms. The van der Waals surface area contributed by atoms with Crippen LogP contribution in [0, 0.1) is 5.92 Å². The average molecular weight is 140 g/mol. The third-order valence-electron chi connectivity index (χ3n) is 1.22.